The van der Waals surface area contributed by atoms with Crippen LogP contribution in [0.1, 0.15) is 27.0 Å². The fourth-order valence-corrected chi connectivity index (χ4v) is 6.75. The summed E-state index contributed by atoms with van der Waals surface area (Å²) in [5.41, 5.74) is 5.12. The second-order valence-corrected chi connectivity index (χ2v) is 12.2. The lowest BCUT2D eigenvalue weighted by atomic mass is 9.93. The van der Waals surface area contributed by atoms with Gasteiger partial charge in [-0.1, -0.05) is 60.4 Å². The van der Waals surface area contributed by atoms with Crippen molar-refractivity contribution in [3.05, 3.63) is 126 Å². The van der Waals surface area contributed by atoms with Gasteiger partial charge in [0.05, 0.1) is 10.5 Å². The van der Waals surface area contributed by atoms with Gasteiger partial charge in [-0.05, 0) is 65.0 Å². The minimum atomic E-state index is -3.47. The summed E-state index contributed by atoms with van der Waals surface area (Å²) in [6.07, 6.45) is 1.86. The number of carboxylic acids is 1. The van der Waals surface area contributed by atoms with Gasteiger partial charge in [-0.3, -0.25) is 4.90 Å². The van der Waals surface area contributed by atoms with Crippen molar-refractivity contribution < 1.29 is 18.3 Å². The molecule has 0 amide bonds. The van der Waals surface area contributed by atoms with E-state index in [2.05, 4.69) is 21.7 Å². The van der Waals surface area contributed by atoms with Crippen molar-refractivity contribution in [1.82, 2.24) is 14.2 Å². The van der Waals surface area contributed by atoms with Crippen LogP contribution in [-0.4, -0.2) is 59.9 Å². The molecule has 2 N–H and O–H groups in total. The van der Waals surface area contributed by atoms with Gasteiger partial charge in [0.2, 0.25) is 10.0 Å². The van der Waals surface area contributed by atoms with Gasteiger partial charge < -0.3 is 10.1 Å². The van der Waals surface area contributed by atoms with E-state index in [4.69, 9.17) is 0 Å². The van der Waals surface area contributed by atoms with Gasteiger partial charge in [0.1, 0.15) is 0 Å². The predicted octanol–water partition coefficient (Wildman–Crippen LogP) is 5.44. The molecule has 4 aromatic carbocycles. The van der Waals surface area contributed by atoms with E-state index in [0.717, 1.165) is 34.1 Å². The second kappa shape index (κ2) is 11.7. The first-order chi connectivity index (χ1) is 20.4. The minimum absolute atomic E-state index is 0.208. The van der Waals surface area contributed by atoms with Crippen LogP contribution < -0.4 is 0 Å². The average Bonchev–Trinajstić information content (AvgIpc) is 3.49. The van der Waals surface area contributed by atoms with E-state index < -0.39 is 16.0 Å². The molecule has 1 saturated heterocycles. The number of aromatic nitrogens is 1. The third kappa shape index (κ3) is 5.71. The maximum absolute atomic E-state index is 12.9. The number of rotatable bonds is 6. The van der Waals surface area contributed by atoms with E-state index in [1.165, 1.54) is 0 Å². The number of nitrogens with zero attached hydrogens (tertiary/aromatic N) is 2. The Hall–Kier alpha value is -4.68. The van der Waals surface area contributed by atoms with Crippen molar-refractivity contribution in [1.29, 1.82) is 0 Å². The molecule has 1 aliphatic rings. The average molecular weight is 576 g/mol. The fraction of sp³-hybridized carbons (Fsp3) is 0.147. The van der Waals surface area contributed by atoms with Gasteiger partial charge in [-0.2, -0.15) is 4.31 Å². The zero-order valence-corrected chi connectivity index (χ0v) is 23.6. The Morgan fingerprint density at radius 1 is 0.833 bits per heavy atom. The molecule has 5 aromatic rings. The smallest absolute Gasteiger partial charge is 0.336 e. The maximum atomic E-state index is 12.9. The molecule has 42 heavy (non-hydrogen) atoms. The number of sulfonamides is 1. The molecular formula is C34H29N3O4S. The van der Waals surface area contributed by atoms with E-state index in [9.17, 15) is 18.3 Å². The normalized spacial score (nSPS) is 14.4. The fourth-order valence-electron chi connectivity index (χ4n) is 5.31. The summed E-state index contributed by atoms with van der Waals surface area (Å²) in [4.78, 5) is 17.8. The van der Waals surface area contributed by atoms with E-state index in [1.807, 2.05) is 66.9 Å². The van der Waals surface area contributed by atoms with Gasteiger partial charge >= 0.3 is 5.97 Å². The number of fused-ring (bicyclic) bond motifs is 1. The number of carboxylic acid groups (broad SMARTS) is 1. The van der Waals surface area contributed by atoms with Crippen LogP contribution in [0.25, 0.3) is 22.0 Å². The first-order valence-electron chi connectivity index (χ1n) is 13.7. The van der Waals surface area contributed by atoms with E-state index in [0.29, 0.717) is 42.2 Å². The Morgan fingerprint density at radius 2 is 1.60 bits per heavy atom. The highest BCUT2D eigenvalue weighted by atomic mass is 32.2. The number of carbonyl (C=O) groups is 1. The van der Waals surface area contributed by atoms with Gasteiger partial charge in [-0.15, -0.1) is 0 Å². The van der Waals surface area contributed by atoms with Crippen LogP contribution in [0.4, 0.5) is 0 Å². The zero-order chi connectivity index (χ0) is 29.1. The lowest BCUT2D eigenvalue weighted by Crippen LogP contribution is -2.48. The van der Waals surface area contributed by atoms with Crippen LogP contribution in [0.5, 0.6) is 0 Å². The van der Waals surface area contributed by atoms with Gasteiger partial charge in [0, 0.05) is 61.1 Å². The van der Waals surface area contributed by atoms with Gasteiger partial charge in [-0.25, -0.2) is 13.2 Å². The summed E-state index contributed by atoms with van der Waals surface area (Å²) in [6.45, 7) is 2.94. The summed E-state index contributed by atoms with van der Waals surface area (Å²) in [5, 5.41) is 10.9. The van der Waals surface area contributed by atoms with Crippen molar-refractivity contribution >= 4 is 26.9 Å². The first-order valence-corrected chi connectivity index (χ1v) is 15.1. The zero-order valence-electron chi connectivity index (χ0n) is 22.8. The third-order valence-corrected chi connectivity index (χ3v) is 9.47. The minimum Gasteiger partial charge on any atom is -0.478 e. The SMILES string of the molecule is O=C(O)c1cccc(C#Cc2ccc(CN3CCN(S(=O)(=O)c4ccccc4)CC3)cc2)c1-c1ccc2cc[nH]c2c1. The van der Waals surface area contributed by atoms with Crippen molar-refractivity contribution in [3.63, 3.8) is 0 Å². The van der Waals surface area contributed by atoms with Gasteiger partial charge in [0.25, 0.3) is 0 Å². The van der Waals surface area contributed by atoms with Crippen LogP contribution in [0, 0.1) is 11.8 Å². The van der Waals surface area contributed by atoms with Gasteiger partial charge in [0.15, 0.2) is 0 Å². The molecule has 0 radical (unpaired) electrons. The molecular weight excluding hydrogens is 546 g/mol. The molecule has 1 fully saturated rings. The lowest BCUT2D eigenvalue weighted by Gasteiger charge is -2.34. The number of H-pyrrole nitrogens is 1. The van der Waals surface area contributed by atoms with Crippen molar-refractivity contribution in [2.75, 3.05) is 26.2 Å². The molecule has 8 heteroatoms. The summed E-state index contributed by atoms with van der Waals surface area (Å²) in [5.74, 6) is 5.41. The predicted molar refractivity (Wildman–Crippen MR) is 164 cm³/mol. The molecule has 1 aliphatic heterocycles. The Morgan fingerprint density at radius 3 is 2.33 bits per heavy atom. The molecule has 1 aromatic heterocycles. The highest BCUT2D eigenvalue weighted by Crippen LogP contribution is 2.30. The largest absolute Gasteiger partial charge is 0.478 e. The molecule has 6 rings (SSSR count). The van der Waals surface area contributed by atoms with Crippen LogP contribution in [0.2, 0.25) is 0 Å². The third-order valence-electron chi connectivity index (χ3n) is 7.55. The van der Waals surface area contributed by atoms with Crippen molar-refractivity contribution in [3.8, 4) is 23.0 Å². The van der Waals surface area contributed by atoms with E-state index in [1.54, 1.807) is 40.7 Å². The molecule has 210 valence electrons. The molecule has 0 spiro atoms. The number of aromatic carboxylic acids is 1. The van der Waals surface area contributed by atoms with Crippen molar-refractivity contribution in [2.24, 2.45) is 0 Å². The molecule has 0 saturated carbocycles. The highest BCUT2D eigenvalue weighted by molar-refractivity contribution is 7.89. The summed E-state index contributed by atoms with van der Waals surface area (Å²) < 4.78 is 27.4. The lowest BCUT2D eigenvalue weighted by molar-refractivity contribution is 0.0697. The van der Waals surface area contributed by atoms with Crippen molar-refractivity contribution in [2.45, 2.75) is 11.4 Å². The first kappa shape index (κ1) is 27.5. The van der Waals surface area contributed by atoms with Crippen LogP contribution in [-0.2, 0) is 16.6 Å². The van der Waals surface area contributed by atoms with E-state index in [-0.39, 0.29) is 5.56 Å². The maximum Gasteiger partial charge on any atom is 0.336 e. The number of hydrogen-bond acceptors (Lipinski definition) is 4. The molecule has 0 bridgehead atoms. The Balaban J connectivity index is 1.15. The number of piperazine rings is 1. The highest BCUT2D eigenvalue weighted by Gasteiger charge is 2.28. The van der Waals surface area contributed by atoms with E-state index >= 15 is 0 Å². The topological polar surface area (TPSA) is 93.7 Å². The molecule has 0 atom stereocenters. The number of benzene rings is 4. The van der Waals surface area contributed by atoms with Crippen LogP contribution in [0.15, 0.2) is 108 Å². The Bertz CT molecular complexity index is 1910. The monoisotopic (exact) mass is 575 g/mol. The number of hydrogen-bond donors (Lipinski definition) is 2. The van der Waals surface area contributed by atoms with Crippen LogP contribution in [0.3, 0.4) is 0 Å². The molecule has 0 unspecified atom stereocenters. The molecule has 0 aliphatic carbocycles. The summed E-state index contributed by atoms with van der Waals surface area (Å²) in [6, 6.07) is 29.6. The van der Waals surface area contributed by atoms with Crippen LogP contribution >= 0.6 is 0 Å². The summed E-state index contributed by atoms with van der Waals surface area (Å²) in [7, 11) is -3.47. The Kier molecular flexibility index (Phi) is 7.64. The quantitative estimate of drug-likeness (QED) is 0.263. The summed E-state index contributed by atoms with van der Waals surface area (Å²) >= 11 is 0. The standard InChI is InChI=1S/C34H29N3O4S/c38-34(39)31-8-4-5-28(33(31)29-16-15-27-17-18-35-32(27)23-29)14-13-25-9-11-26(12-10-25)24-36-19-21-37(22-20-36)42(40,41)30-6-2-1-3-7-30/h1-12,15-18,23,35H,19-22,24H2,(H,38,39). The molecule has 2 heterocycles. The molecule has 7 nitrogen and oxygen atoms in total. The number of aromatic amines is 1. The number of nitrogens with one attached hydrogen (secondary N) is 1. The Labute approximate surface area is 245 Å². The second-order valence-electron chi connectivity index (χ2n) is 10.3.